The van der Waals surface area contributed by atoms with E-state index in [1.807, 2.05) is 55.4 Å². The summed E-state index contributed by atoms with van der Waals surface area (Å²) in [7, 11) is 5.48. The van der Waals surface area contributed by atoms with Crippen LogP contribution in [0.2, 0.25) is 0 Å². The van der Waals surface area contributed by atoms with E-state index in [2.05, 4.69) is 31.0 Å². The molecule has 0 saturated carbocycles. The van der Waals surface area contributed by atoms with Crippen molar-refractivity contribution in [2.45, 2.75) is 0 Å². The summed E-state index contributed by atoms with van der Waals surface area (Å²) in [6, 6.07) is 12.9. The van der Waals surface area contributed by atoms with Crippen LogP contribution in [0.3, 0.4) is 0 Å². The molecule has 1 N–H and O–H groups in total. The molecule has 0 atom stereocenters. The zero-order valence-corrected chi connectivity index (χ0v) is 15.8. The minimum absolute atomic E-state index is 0.267. The highest BCUT2D eigenvalue weighted by Gasteiger charge is 2.15. The van der Waals surface area contributed by atoms with Gasteiger partial charge in [0.25, 0.3) is 5.91 Å². The van der Waals surface area contributed by atoms with Crippen LogP contribution < -0.4 is 10.2 Å². The van der Waals surface area contributed by atoms with Crippen LogP contribution in [0.4, 0.5) is 11.5 Å². The van der Waals surface area contributed by atoms with Crippen molar-refractivity contribution in [3.8, 4) is 0 Å². The molecule has 0 saturated heterocycles. The third kappa shape index (κ3) is 4.67. The maximum atomic E-state index is 12.1. The molecule has 0 fully saturated rings. The van der Waals surface area contributed by atoms with E-state index in [-0.39, 0.29) is 12.5 Å². The minimum Gasteiger partial charge on any atom is -0.385 e. The van der Waals surface area contributed by atoms with Crippen molar-refractivity contribution in [1.82, 2.24) is 25.2 Å². The molecule has 144 valence electrons. The molecule has 0 aliphatic carbocycles. The summed E-state index contributed by atoms with van der Waals surface area (Å²) in [6.45, 7) is -0.267. The number of tetrazole rings is 1. The van der Waals surface area contributed by atoms with E-state index in [0.29, 0.717) is 17.2 Å². The van der Waals surface area contributed by atoms with Gasteiger partial charge in [0.15, 0.2) is 12.3 Å². The Morgan fingerprint density at radius 2 is 2.00 bits per heavy atom. The average molecular weight is 380 g/mol. The number of aromatic nitrogens is 5. The zero-order chi connectivity index (χ0) is 19.9. The number of carbonyl (C=O) groups is 1. The van der Waals surface area contributed by atoms with Crippen molar-refractivity contribution in [2.75, 3.05) is 30.9 Å². The molecule has 0 spiro atoms. The first kappa shape index (κ1) is 19.0. The summed E-state index contributed by atoms with van der Waals surface area (Å²) >= 11 is 0. The number of carbonyl (C=O) groups excluding carboxylic acids is 1. The number of pyridine rings is 1. The summed E-state index contributed by atoms with van der Waals surface area (Å²) < 4.78 is 1.48. The molecule has 0 aliphatic heterocycles. The summed E-state index contributed by atoms with van der Waals surface area (Å²) in [5.74, 6) is 0.866. The fourth-order valence-electron chi connectivity index (χ4n) is 2.33. The standard InChI is InChI=1S/C18H20N8O2/c1-25(2)15-10-9-14(11-19-15)20-16(27)12-28-22-17(13-7-5-4-6-8-13)18-21-23-24-26(18)3/h4-11H,12H2,1-3H3,(H,20,27)/b22-17-. The van der Waals surface area contributed by atoms with Crippen LogP contribution in [0.5, 0.6) is 0 Å². The first-order valence-corrected chi connectivity index (χ1v) is 8.46. The number of rotatable bonds is 7. The molecule has 1 aromatic carbocycles. The number of anilines is 2. The van der Waals surface area contributed by atoms with Gasteiger partial charge in [0.2, 0.25) is 5.82 Å². The Hall–Kier alpha value is -3.82. The number of nitrogens with zero attached hydrogens (tertiary/aromatic N) is 7. The monoisotopic (exact) mass is 380 g/mol. The Labute approximate surface area is 161 Å². The maximum Gasteiger partial charge on any atom is 0.265 e. The Balaban J connectivity index is 1.66. The normalized spacial score (nSPS) is 11.2. The second-order valence-electron chi connectivity index (χ2n) is 6.05. The molecule has 0 bridgehead atoms. The summed E-state index contributed by atoms with van der Waals surface area (Å²) in [6.07, 6.45) is 1.58. The van der Waals surface area contributed by atoms with Crippen LogP contribution in [0, 0.1) is 0 Å². The fraction of sp³-hybridized carbons (Fsp3) is 0.222. The van der Waals surface area contributed by atoms with E-state index in [1.165, 1.54) is 4.68 Å². The van der Waals surface area contributed by atoms with Gasteiger partial charge in [0, 0.05) is 26.7 Å². The summed E-state index contributed by atoms with van der Waals surface area (Å²) in [5.41, 5.74) is 1.77. The molecule has 0 unspecified atom stereocenters. The van der Waals surface area contributed by atoms with Crippen molar-refractivity contribution in [3.63, 3.8) is 0 Å². The van der Waals surface area contributed by atoms with Gasteiger partial charge in [0.1, 0.15) is 5.82 Å². The number of hydrogen-bond acceptors (Lipinski definition) is 8. The molecule has 0 radical (unpaired) electrons. The van der Waals surface area contributed by atoms with Crippen LogP contribution in [-0.2, 0) is 16.7 Å². The summed E-state index contributed by atoms with van der Waals surface area (Å²) in [4.78, 5) is 23.5. The van der Waals surface area contributed by atoms with Crippen LogP contribution >= 0.6 is 0 Å². The average Bonchev–Trinajstić information content (AvgIpc) is 3.12. The van der Waals surface area contributed by atoms with Gasteiger partial charge in [-0.3, -0.25) is 4.79 Å². The van der Waals surface area contributed by atoms with Crippen molar-refractivity contribution < 1.29 is 9.63 Å². The van der Waals surface area contributed by atoms with Crippen LogP contribution in [0.1, 0.15) is 11.4 Å². The molecular formula is C18H20N8O2. The number of oxime groups is 1. The van der Waals surface area contributed by atoms with Gasteiger partial charge in [0.05, 0.1) is 11.9 Å². The first-order chi connectivity index (χ1) is 13.5. The minimum atomic E-state index is -0.355. The molecule has 2 heterocycles. The molecule has 10 nitrogen and oxygen atoms in total. The van der Waals surface area contributed by atoms with Gasteiger partial charge >= 0.3 is 0 Å². The third-order valence-electron chi connectivity index (χ3n) is 3.72. The number of benzene rings is 1. The quantitative estimate of drug-likeness (QED) is 0.482. The highest BCUT2D eigenvalue weighted by molar-refractivity contribution is 6.10. The van der Waals surface area contributed by atoms with Crippen molar-refractivity contribution in [3.05, 3.63) is 60.0 Å². The van der Waals surface area contributed by atoms with E-state index in [4.69, 9.17) is 4.84 Å². The van der Waals surface area contributed by atoms with E-state index >= 15 is 0 Å². The highest BCUT2D eigenvalue weighted by atomic mass is 16.6. The Bertz CT molecular complexity index is 951. The lowest BCUT2D eigenvalue weighted by Gasteiger charge is -2.11. The Kier molecular flexibility index (Phi) is 5.90. The molecular weight excluding hydrogens is 360 g/mol. The lowest BCUT2D eigenvalue weighted by atomic mass is 10.1. The van der Waals surface area contributed by atoms with Gasteiger partial charge in [-0.25, -0.2) is 9.67 Å². The molecule has 3 rings (SSSR count). The van der Waals surface area contributed by atoms with E-state index in [0.717, 1.165) is 11.4 Å². The maximum absolute atomic E-state index is 12.1. The largest absolute Gasteiger partial charge is 0.385 e. The molecule has 10 heteroatoms. The van der Waals surface area contributed by atoms with Gasteiger partial charge in [-0.05, 0) is 22.6 Å². The number of aryl methyl sites for hydroxylation is 1. The third-order valence-corrected chi connectivity index (χ3v) is 3.72. The smallest absolute Gasteiger partial charge is 0.265 e. The van der Waals surface area contributed by atoms with Gasteiger partial charge in [-0.15, -0.1) is 5.10 Å². The lowest BCUT2D eigenvalue weighted by molar-refractivity contribution is -0.120. The van der Waals surface area contributed by atoms with Crippen LogP contribution in [-0.4, -0.2) is 57.5 Å². The molecule has 1 amide bonds. The number of hydrogen-bond donors (Lipinski definition) is 1. The van der Waals surface area contributed by atoms with Crippen LogP contribution in [0.15, 0.2) is 53.8 Å². The van der Waals surface area contributed by atoms with Gasteiger partial charge in [-0.2, -0.15) is 0 Å². The van der Waals surface area contributed by atoms with Crippen molar-refractivity contribution in [2.24, 2.45) is 12.2 Å². The predicted octanol–water partition coefficient (Wildman–Crippen LogP) is 1.08. The number of nitrogens with one attached hydrogen (secondary N) is 1. The predicted molar refractivity (Wildman–Crippen MR) is 104 cm³/mol. The molecule has 28 heavy (non-hydrogen) atoms. The molecule has 2 aromatic heterocycles. The highest BCUT2D eigenvalue weighted by Crippen LogP contribution is 2.12. The lowest BCUT2D eigenvalue weighted by Crippen LogP contribution is -2.19. The zero-order valence-electron chi connectivity index (χ0n) is 15.8. The van der Waals surface area contributed by atoms with Crippen LogP contribution in [0.25, 0.3) is 0 Å². The Morgan fingerprint density at radius 3 is 2.61 bits per heavy atom. The fourth-order valence-corrected chi connectivity index (χ4v) is 2.33. The molecule has 0 aliphatic rings. The topological polar surface area (TPSA) is 110 Å². The van der Waals surface area contributed by atoms with Crippen molar-refractivity contribution >= 4 is 23.1 Å². The van der Waals surface area contributed by atoms with Gasteiger partial charge < -0.3 is 15.1 Å². The van der Waals surface area contributed by atoms with E-state index < -0.39 is 0 Å². The first-order valence-electron chi connectivity index (χ1n) is 8.46. The van der Waals surface area contributed by atoms with E-state index in [9.17, 15) is 4.79 Å². The SMILES string of the molecule is CN(C)c1ccc(NC(=O)CO/N=C(/c2ccccc2)c2nnnn2C)cn1. The molecule has 3 aromatic rings. The van der Waals surface area contributed by atoms with Gasteiger partial charge in [-0.1, -0.05) is 35.5 Å². The van der Waals surface area contributed by atoms with Crippen molar-refractivity contribution in [1.29, 1.82) is 0 Å². The van der Waals surface area contributed by atoms with E-state index in [1.54, 1.807) is 19.3 Å². The summed E-state index contributed by atoms with van der Waals surface area (Å²) in [5, 5.41) is 18.2. The second kappa shape index (κ2) is 8.71. The number of amides is 1. The Morgan fingerprint density at radius 1 is 1.21 bits per heavy atom. The second-order valence-corrected chi connectivity index (χ2v) is 6.05.